The smallest absolute Gasteiger partial charge is 0.152 e. The number of hydrogen-bond donors (Lipinski definition) is 2. The van der Waals surface area contributed by atoms with Crippen LogP contribution in [-0.2, 0) is 0 Å². The monoisotopic (exact) mass is 220 g/mol. The molecule has 0 aliphatic rings. The number of nitrogens with zero attached hydrogens (tertiary/aromatic N) is 3. The lowest BCUT2D eigenvalue weighted by Gasteiger charge is -2.27. The Morgan fingerprint density at radius 3 is 3.00 bits per heavy atom. The highest BCUT2D eigenvalue weighted by molar-refractivity contribution is 5.67. The number of anilines is 1. The molecule has 5 nitrogen and oxygen atoms in total. The summed E-state index contributed by atoms with van der Waals surface area (Å²) in [6.07, 6.45) is 6.03. The molecule has 2 heterocycles. The van der Waals surface area contributed by atoms with Gasteiger partial charge in [0, 0.05) is 12.4 Å². The van der Waals surface area contributed by atoms with E-state index in [1.54, 1.807) is 23.1 Å². The largest absolute Gasteiger partial charge is 0.394 e. The van der Waals surface area contributed by atoms with Gasteiger partial charge < -0.3 is 10.4 Å². The van der Waals surface area contributed by atoms with Gasteiger partial charge in [0.1, 0.15) is 5.52 Å². The molecule has 0 radical (unpaired) electrons. The molecule has 86 valence electrons. The van der Waals surface area contributed by atoms with Crippen LogP contribution in [0.25, 0.3) is 5.52 Å². The minimum Gasteiger partial charge on any atom is -0.394 e. The van der Waals surface area contributed by atoms with Crippen molar-refractivity contribution in [2.24, 2.45) is 0 Å². The second-order valence-electron chi connectivity index (χ2n) is 4.13. The van der Waals surface area contributed by atoms with Gasteiger partial charge in [-0.05, 0) is 19.4 Å². The van der Waals surface area contributed by atoms with Crippen molar-refractivity contribution in [3.63, 3.8) is 0 Å². The van der Waals surface area contributed by atoms with E-state index in [0.717, 1.165) is 17.8 Å². The third-order valence-electron chi connectivity index (χ3n) is 2.87. The van der Waals surface area contributed by atoms with Crippen molar-refractivity contribution < 1.29 is 5.11 Å². The van der Waals surface area contributed by atoms with Crippen LogP contribution in [0.5, 0.6) is 0 Å². The second-order valence-corrected chi connectivity index (χ2v) is 4.13. The third kappa shape index (κ3) is 1.86. The molecule has 2 N–H and O–H groups in total. The van der Waals surface area contributed by atoms with Crippen LogP contribution >= 0.6 is 0 Å². The van der Waals surface area contributed by atoms with Crippen molar-refractivity contribution in [2.75, 3.05) is 11.9 Å². The first-order valence-electron chi connectivity index (χ1n) is 5.36. The summed E-state index contributed by atoms with van der Waals surface area (Å²) in [6, 6.07) is 1.89. The van der Waals surface area contributed by atoms with E-state index in [1.807, 2.05) is 19.9 Å². The Balaban J connectivity index is 2.37. The minimum atomic E-state index is -0.348. The molecule has 2 aromatic rings. The summed E-state index contributed by atoms with van der Waals surface area (Å²) in [5.74, 6) is 0.749. The van der Waals surface area contributed by atoms with Gasteiger partial charge in [-0.2, -0.15) is 5.10 Å². The lowest BCUT2D eigenvalue weighted by atomic mass is 10.0. The Morgan fingerprint density at radius 1 is 1.50 bits per heavy atom. The molecule has 0 aromatic carbocycles. The molecule has 1 atom stereocenters. The van der Waals surface area contributed by atoms with E-state index in [9.17, 15) is 5.11 Å². The van der Waals surface area contributed by atoms with E-state index in [1.165, 1.54) is 0 Å². The molecule has 2 rings (SSSR count). The first kappa shape index (κ1) is 10.9. The zero-order chi connectivity index (χ0) is 11.6. The normalized spacial score (nSPS) is 14.9. The number of aromatic nitrogens is 3. The summed E-state index contributed by atoms with van der Waals surface area (Å²) in [7, 11) is 0. The van der Waals surface area contributed by atoms with E-state index < -0.39 is 0 Å². The van der Waals surface area contributed by atoms with E-state index in [4.69, 9.17) is 0 Å². The van der Waals surface area contributed by atoms with Crippen molar-refractivity contribution in [2.45, 2.75) is 25.8 Å². The topological polar surface area (TPSA) is 62.5 Å². The Hall–Kier alpha value is -1.62. The average Bonchev–Trinajstić information content (AvgIpc) is 2.78. The van der Waals surface area contributed by atoms with E-state index >= 15 is 0 Å². The van der Waals surface area contributed by atoms with Crippen LogP contribution in [0.4, 0.5) is 5.82 Å². The van der Waals surface area contributed by atoms with Crippen LogP contribution < -0.4 is 5.32 Å². The Labute approximate surface area is 94.1 Å². The van der Waals surface area contributed by atoms with Gasteiger partial charge in [-0.25, -0.2) is 9.50 Å². The number of nitrogens with one attached hydrogen (secondary N) is 1. The lowest BCUT2D eigenvalue weighted by Crippen LogP contribution is -2.38. The molecule has 0 amide bonds. The summed E-state index contributed by atoms with van der Waals surface area (Å²) in [5.41, 5.74) is 0.565. The van der Waals surface area contributed by atoms with E-state index in [-0.39, 0.29) is 12.1 Å². The molecular weight excluding hydrogens is 204 g/mol. The van der Waals surface area contributed by atoms with Crippen molar-refractivity contribution in [3.05, 3.63) is 24.7 Å². The number of hydrogen-bond acceptors (Lipinski definition) is 4. The molecule has 0 aliphatic carbocycles. The van der Waals surface area contributed by atoms with Crippen LogP contribution in [0.2, 0.25) is 0 Å². The quantitative estimate of drug-likeness (QED) is 0.815. The standard InChI is InChI=1S/C11H16N4O/c1-3-11(2,8-16)14-10-9-4-5-13-15(9)7-6-12-10/h4-7,16H,3,8H2,1-2H3,(H,12,14). The summed E-state index contributed by atoms with van der Waals surface area (Å²) >= 11 is 0. The summed E-state index contributed by atoms with van der Waals surface area (Å²) in [5, 5.41) is 16.8. The average molecular weight is 220 g/mol. The van der Waals surface area contributed by atoms with Crippen molar-refractivity contribution in [1.82, 2.24) is 14.6 Å². The predicted molar refractivity (Wildman–Crippen MR) is 62.4 cm³/mol. The van der Waals surface area contributed by atoms with Gasteiger partial charge in [-0.15, -0.1) is 0 Å². The number of rotatable bonds is 4. The molecule has 16 heavy (non-hydrogen) atoms. The van der Waals surface area contributed by atoms with Crippen LogP contribution in [0.1, 0.15) is 20.3 Å². The van der Waals surface area contributed by atoms with Crippen LogP contribution in [0, 0.1) is 0 Å². The fraction of sp³-hybridized carbons (Fsp3) is 0.455. The molecule has 0 saturated heterocycles. The van der Waals surface area contributed by atoms with E-state index in [0.29, 0.717) is 0 Å². The maximum absolute atomic E-state index is 9.36. The van der Waals surface area contributed by atoms with Gasteiger partial charge in [0.25, 0.3) is 0 Å². The first-order chi connectivity index (χ1) is 7.68. The summed E-state index contributed by atoms with van der Waals surface area (Å²) in [4.78, 5) is 4.28. The van der Waals surface area contributed by atoms with Crippen molar-refractivity contribution in [1.29, 1.82) is 0 Å². The van der Waals surface area contributed by atoms with Gasteiger partial charge in [0.15, 0.2) is 5.82 Å². The number of fused-ring (bicyclic) bond motifs is 1. The Kier molecular flexibility index (Phi) is 2.78. The highest BCUT2D eigenvalue weighted by Gasteiger charge is 2.21. The Bertz CT molecular complexity index is 476. The zero-order valence-electron chi connectivity index (χ0n) is 9.51. The van der Waals surface area contributed by atoms with Crippen molar-refractivity contribution >= 4 is 11.3 Å². The molecular formula is C11H16N4O. The molecule has 0 spiro atoms. The van der Waals surface area contributed by atoms with Gasteiger partial charge in [0.2, 0.25) is 0 Å². The molecule has 2 aromatic heterocycles. The molecule has 0 bridgehead atoms. The highest BCUT2D eigenvalue weighted by Crippen LogP contribution is 2.19. The van der Waals surface area contributed by atoms with E-state index in [2.05, 4.69) is 15.4 Å². The van der Waals surface area contributed by atoms with Gasteiger partial charge in [-0.1, -0.05) is 6.92 Å². The van der Waals surface area contributed by atoms with Gasteiger partial charge >= 0.3 is 0 Å². The fourth-order valence-corrected chi connectivity index (χ4v) is 1.48. The fourth-order valence-electron chi connectivity index (χ4n) is 1.48. The molecule has 0 aliphatic heterocycles. The Morgan fingerprint density at radius 2 is 2.31 bits per heavy atom. The number of aliphatic hydroxyl groups excluding tert-OH is 1. The van der Waals surface area contributed by atoms with Crippen LogP contribution in [0.3, 0.4) is 0 Å². The second kappa shape index (κ2) is 4.09. The van der Waals surface area contributed by atoms with Crippen LogP contribution in [0.15, 0.2) is 24.7 Å². The zero-order valence-corrected chi connectivity index (χ0v) is 9.51. The lowest BCUT2D eigenvalue weighted by molar-refractivity contribution is 0.218. The molecule has 0 fully saturated rings. The van der Waals surface area contributed by atoms with Crippen molar-refractivity contribution in [3.8, 4) is 0 Å². The maximum Gasteiger partial charge on any atom is 0.152 e. The van der Waals surface area contributed by atoms with Gasteiger partial charge in [0.05, 0.1) is 18.3 Å². The molecule has 1 unspecified atom stereocenters. The highest BCUT2D eigenvalue weighted by atomic mass is 16.3. The maximum atomic E-state index is 9.36. The predicted octanol–water partition coefficient (Wildman–Crippen LogP) is 1.30. The number of aliphatic hydroxyl groups is 1. The van der Waals surface area contributed by atoms with Crippen LogP contribution in [-0.4, -0.2) is 31.9 Å². The third-order valence-corrected chi connectivity index (χ3v) is 2.87. The summed E-state index contributed by atoms with van der Waals surface area (Å²) in [6.45, 7) is 4.06. The first-order valence-corrected chi connectivity index (χ1v) is 5.36. The minimum absolute atomic E-state index is 0.0698. The van der Waals surface area contributed by atoms with Gasteiger partial charge in [-0.3, -0.25) is 0 Å². The molecule has 0 saturated carbocycles. The summed E-state index contributed by atoms with van der Waals surface area (Å²) < 4.78 is 1.75. The SMILES string of the molecule is CCC(C)(CO)Nc1nccn2nccc12. The molecule has 5 heteroatoms.